The number of rotatable bonds is 6. The standard InChI is InChI=1S/C19H26N4O3/c1-22(16-9-14-3-4-15(10-16)23(14)6-8-25-2)19(24)17-11-20-21-18(17)13-5-7-26-12-13/h5,7,11-12,14-16H,3-4,6,8-10H2,1-2H3,(H,20,21). The van der Waals surface area contributed by atoms with Crippen molar-refractivity contribution in [2.24, 2.45) is 0 Å². The first kappa shape index (κ1) is 17.3. The topological polar surface area (TPSA) is 74.6 Å². The van der Waals surface area contributed by atoms with Gasteiger partial charge >= 0.3 is 0 Å². The van der Waals surface area contributed by atoms with E-state index in [1.807, 2.05) is 18.0 Å². The number of nitrogens with one attached hydrogen (secondary N) is 1. The van der Waals surface area contributed by atoms with Gasteiger partial charge in [0.05, 0.1) is 36.6 Å². The lowest BCUT2D eigenvalue weighted by Gasteiger charge is -2.42. The summed E-state index contributed by atoms with van der Waals surface area (Å²) >= 11 is 0. The summed E-state index contributed by atoms with van der Waals surface area (Å²) < 4.78 is 10.4. The molecule has 2 aliphatic heterocycles. The maximum Gasteiger partial charge on any atom is 0.257 e. The van der Waals surface area contributed by atoms with Crippen molar-refractivity contribution in [3.05, 3.63) is 30.4 Å². The molecule has 0 saturated carbocycles. The fraction of sp³-hybridized carbons (Fsp3) is 0.579. The van der Waals surface area contributed by atoms with E-state index >= 15 is 0 Å². The first-order chi connectivity index (χ1) is 12.7. The van der Waals surface area contributed by atoms with Gasteiger partial charge in [-0.3, -0.25) is 14.8 Å². The zero-order valence-electron chi connectivity index (χ0n) is 15.4. The van der Waals surface area contributed by atoms with E-state index in [2.05, 4.69) is 15.1 Å². The van der Waals surface area contributed by atoms with Crippen LogP contribution in [0.3, 0.4) is 0 Å². The highest BCUT2D eigenvalue weighted by atomic mass is 16.5. The van der Waals surface area contributed by atoms with Crippen molar-refractivity contribution < 1.29 is 13.9 Å². The first-order valence-electron chi connectivity index (χ1n) is 9.26. The summed E-state index contributed by atoms with van der Waals surface area (Å²) in [6.45, 7) is 1.76. The fourth-order valence-corrected chi connectivity index (χ4v) is 4.55. The molecule has 26 heavy (non-hydrogen) atoms. The van der Waals surface area contributed by atoms with Gasteiger partial charge in [0.15, 0.2) is 0 Å². The molecule has 7 heteroatoms. The van der Waals surface area contributed by atoms with Gasteiger partial charge in [-0.25, -0.2) is 0 Å². The van der Waals surface area contributed by atoms with Gasteiger partial charge in [-0.2, -0.15) is 5.10 Å². The van der Waals surface area contributed by atoms with Gasteiger partial charge in [0, 0.05) is 44.4 Å². The quantitative estimate of drug-likeness (QED) is 0.858. The van der Waals surface area contributed by atoms with Gasteiger partial charge < -0.3 is 14.1 Å². The smallest absolute Gasteiger partial charge is 0.257 e. The Labute approximate surface area is 153 Å². The lowest BCUT2D eigenvalue weighted by Crippen LogP contribution is -2.51. The zero-order chi connectivity index (χ0) is 18.1. The van der Waals surface area contributed by atoms with Crippen molar-refractivity contribution in [3.8, 4) is 11.3 Å². The third-order valence-electron chi connectivity index (χ3n) is 5.96. The maximum atomic E-state index is 13.1. The molecule has 2 fully saturated rings. The summed E-state index contributed by atoms with van der Waals surface area (Å²) in [5, 5.41) is 7.01. The Morgan fingerprint density at radius 1 is 1.42 bits per heavy atom. The molecular formula is C19H26N4O3. The molecule has 2 aromatic heterocycles. The van der Waals surface area contributed by atoms with Crippen LogP contribution in [0.5, 0.6) is 0 Å². The molecule has 2 aromatic rings. The Morgan fingerprint density at radius 2 is 2.19 bits per heavy atom. The molecule has 140 valence electrons. The number of H-pyrrole nitrogens is 1. The maximum absolute atomic E-state index is 13.1. The van der Waals surface area contributed by atoms with Crippen LogP contribution >= 0.6 is 0 Å². The molecule has 2 atom stereocenters. The molecule has 4 heterocycles. The number of aromatic amines is 1. The van der Waals surface area contributed by atoms with Crippen LogP contribution in [0.25, 0.3) is 11.3 Å². The fourth-order valence-electron chi connectivity index (χ4n) is 4.55. The summed E-state index contributed by atoms with van der Waals surface area (Å²) in [4.78, 5) is 17.6. The predicted molar refractivity (Wildman–Crippen MR) is 96.8 cm³/mol. The molecule has 1 amide bonds. The number of furan rings is 1. The SMILES string of the molecule is COCCN1C2CCC1CC(N(C)C(=O)c1cn[nH]c1-c1ccoc1)C2. The Bertz CT molecular complexity index is 728. The van der Waals surface area contributed by atoms with E-state index in [1.54, 1.807) is 25.8 Å². The minimum atomic E-state index is 0.0182. The van der Waals surface area contributed by atoms with Crippen LogP contribution < -0.4 is 0 Å². The number of piperidine rings is 1. The van der Waals surface area contributed by atoms with Crippen molar-refractivity contribution in [2.75, 3.05) is 27.3 Å². The lowest BCUT2D eigenvalue weighted by molar-refractivity contribution is 0.0406. The number of carbonyl (C=O) groups is 1. The van der Waals surface area contributed by atoms with Crippen molar-refractivity contribution >= 4 is 5.91 Å². The molecule has 0 aromatic carbocycles. The summed E-state index contributed by atoms with van der Waals surface area (Å²) in [6.07, 6.45) is 9.34. The third-order valence-corrected chi connectivity index (χ3v) is 5.96. The van der Waals surface area contributed by atoms with Crippen LogP contribution in [0.2, 0.25) is 0 Å². The van der Waals surface area contributed by atoms with E-state index < -0.39 is 0 Å². The Morgan fingerprint density at radius 3 is 2.85 bits per heavy atom. The molecule has 4 rings (SSSR count). The predicted octanol–water partition coefficient (Wildman–Crippen LogP) is 2.38. The van der Waals surface area contributed by atoms with Gasteiger partial charge in [0.2, 0.25) is 0 Å². The normalized spacial score (nSPS) is 25.5. The number of methoxy groups -OCH3 is 1. The van der Waals surface area contributed by atoms with E-state index in [4.69, 9.17) is 9.15 Å². The number of fused-ring (bicyclic) bond motifs is 2. The number of hydrogen-bond donors (Lipinski definition) is 1. The van der Waals surface area contributed by atoms with E-state index in [1.165, 1.54) is 12.8 Å². The van der Waals surface area contributed by atoms with Gasteiger partial charge in [0.25, 0.3) is 5.91 Å². The first-order valence-corrected chi connectivity index (χ1v) is 9.26. The van der Waals surface area contributed by atoms with Crippen molar-refractivity contribution in [2.45, 2.75) is 43.8 Å². The van der Waals surface area contributed by atoms with Crippen LogP contribution in [0.1, 0.15) is 36.0 Å². The van der Waals surface area contributed by atoms with Crippen molar-refractivity contribution in [1.82, 2.24) is 20.0 Å². The number of aromatic nitrogens is 2. The van der Waals surface area contributed by atoms with Crippen LogP contribution in [0.4, 0.5) is 0 Å². The molecule has 2 saturated heterocycles. The lowest BCUT2D eigenvalue weighted by atomic mass is 9.95. The van der Waals surface area contributed by atoms with E-state index in [0.29, 0.717) is 17.6 Å². The number of ether oxygens (including phenoxy) is 1. The van der Waals surface area contributed by atoms with E-state index in [0.717, 1.165) is 37.3 Å². The Hall–Kier alpha value is -2.12. The molecule has 0 radical (unpaired) electrons. The van der Waals surface area contributed by atoms with Gasteiger partial charge in [0.1, 0.15) is 0 Å². The molecule has 2 aliphatic rings. The number of hydrogen-bond acceptors (Lipinski definition) is 5. The second-order valence-corrected chi connectivity index (χ2v) is 7.33. The summed E-state index contributed by atoms with van der Waals surface area (Å²) in [7, 11) is 3.67. The molecule has 0 aliphatic carbocycles. The molecule has 2 unspecified atom stereocenters. The summed E-state index contributed by atoms with van der Waals surface area (Å²) in [6, 6.07) is 3.22. The van der Waals surface area contributed by atoms with Crippen LogP contribution in [0, 0.1) is 0 Å². The molecule has 7 nitrogen and oxygen atoms in total. The monoisotopic (exact) mass is 358 g/mol. The largest absolute Gasteiger partial charge is 0.472 e. The third kappa shape index (κ3) is 3.05. The van der Waals surface area contributed by atoms with Crippen LogP contribution in [-0.2, 0) is 4.74 Å². The highest BCUT2D eigenvalue weighted by Crippen LogP contribution is 2.37. The Kier molecular flexibility index (Phi) is 4.82. The summed E-state index contributed by atoms with van der Waals surface area (Å²) in [5.74, 6) is 0.0182. The molecule has 0 spiro atoms. The van der Waals surface area contributed by atoms with Crippen molar-refractivity contribution in [1.29, 1.82) is 0 Å². The van der Waals surface area contributed by atoms with Gasteiger partial charge in [-0.1, -0.05) is 0 Å². The average Bonchev–Trinajstić information content (AvgIpc) is 3.37. The van der Waals surface area contributed by atoms with E-state index in [-0.39, 0.29) is 11.9 Å². The van der Waals surface area contributed by atoms with Gasteiger partial charge in [-0.05, 0) is 31.7 Å². The highest BCUT2D eigenvalue weighted by molar-refractivity contribution is 5.99. The molecule has 2 bridgehead atoms. The Balaban J connectivity index is 1.47. The van der Waals surface area contributed by atoms with Crippen LogP contribution in [-0.4, -0.2) is 71.3 Å². The minimum absolute atomic E-state index is 0.0182. The second-order valence-electron chi connectivity index (χ2n) is 7.33. The number of nitrogens with zero attached hydrogens (tertiary/aromatic N) is 3. The summed E-state index contributed by atoms with van der Waals surface area (Å²) in [5.41, 5.74) is 2.16. The molecule has 1 N–H and O–H groups in total. The number of carbonyl (C=O) groups excluding carboxylic acids is 1. The van der Waals surface area contributed by atoms with Crippen LogP contribution in [0.15, 0.2) is 29.2 Å². The van der Waals surface area contributed by atoms with E-state index in [9.17, 15) is 4.79 Å². The van der Waals surface area contributed by atoms with Crippen molar-refractivity contribution in [3.63, 3.8) is 0 Å². The average molecular weight is 358 g/mol. The minimum Gasteiger partial charge on any atom is -0.472 e. The number of amides is 1. The van der Waals surface area contributed by atoms with Gasteiger partial charge in [-0.15, -0.1) is 0 Å². The molecular weight excluding hydrogens is 332 g/mol. The second kappa shape index (κ2) is 7.25. The zero-order valence-corrected chi connectivity index (χ0v) is 15.4. The highest BCUT2D eigenvalue weighted by Gasteiger charge is 2.42.